The van der Waals surface area contributed by atoms with Gasteiger partial charge in [0.2, 0.25) is 53.2 Å². The number of ether oxygens (including phenoxy) is 5. The summed E-state index contributed by atoms with van der Waals surface area (Å²) in [5, 5.41) is 29.6. The first-order valence-corrected chi connectivity index (χ1v) is 28.0. The number of hydroxylamine groups is 2. The normalized spacial score (nSPS) is 12.2. The van der Waals surface area contributed by atoms with Crippen LogP contribution in [-0.4, -0.2) is 207 Å². The molecule has 0 radical (unpaired) electrons. The van der Waals surface area contributed by atoms with Crippen LogP contribution in [0.2, 0.25) is 0 Å². The van der Waals surface area contributed by atoms with Crippen LogP contribution in [0.25, 0.3) is 22.3 Å². The molecule has 0 saturated carbocycles. The van der Waals surface area contributed by atoms with E-state index in [-0.39, 0.29) is 84.1 Å². The zero-order chi connectivity index (χ0) is 66.6. The summed E-state index contributed by atoms with van der Waals surface area (Å²) in [5.74, 6) is -7.95. The number of nitrogens with one attached hydrogen (secondary N) is 11. The van der Waals surface area contributed by atoms with Crippen molar-refractivity contribution in [3.63, 3.8) is 0 Å². The average molecular weight is 1290 g/mol. The highest BCUT2D eigenvalue weighted by Crippen LogP contribution is 2.45. The molecular formula is C58H68N12O22. The Morgan fingerprint density at radius 2 is 0.717 bits per heavy atom. The molecule has 0 bridgehead atoms. The van der Waals surface area contributed by atoms with E-state index in [1.165, 1.54) is 0 Å². The number of rotatable bonds is 31. The lowest BCUT2D eigenvalue weighted by Crippen LogP contribution is -2.45. The Balaban J connectivity index is 0.000000301. The van der Waals surface area contributed by atoms with Crippen molar-refractivity contribution in [2.24, 2.45) is 5.73 Å². The molecule has 0 atom stereocenters. The first-order valence-electron chi connectivity index (χ1n) is 28.0. The zero-order valence-electron chi connectivity index (χ0n) is 49.2. The molecule has 1 fully saturated rings. The smallest absolute Gasteiger partial charge is 0.431 e. The summed E-state index contributed by atoms with van der Waals surface area (Å²) in [6, 6.07) is 31.7. The summed E-state index contributed by atoms with van der Waals surface area (Å²) in [6.07, 6.45) is -1.67. The van der Waals surface area contributed by atoms with Gasteiger partial charge in [-0.1, -0.05) is 97.1 Å². The second-order valence-electron chi connectivity index (χ2n) is 19.1. The van der Waals surface area contributed by atoms with E-state index in [2.05, 4.69) is 73.0 Å². The van der Waals surface area contributed by atoms with E-state index in [1.807, 2.05) is 97.1 Å². The summed E-state index contributed by atoms with van der Waals surface area (Å²) >= 11 is 0. The fourth-order valence-electron chi connectivity index (χ4n) is 8.45. The Labute approximate surface area is 523 Å². The van der Waals surface area contributed by atoms with Gasteiger partial charge in [0, 0.05) is 38.0 Å². The minimum Gasteiger partial charge on any atom is -0.480 e. The second kappa shape index (κ2) is 39.1. The number of carbonyl (C=O) groups is 14. The number of esters is 2. The molecule has 1 saturated heterocycles. The van der Waals surface area contributed by atoms with Crippen molar-refractivity contribution in [3.8, 4) is 22.3 Å². The van der Waals surface area contributed by atoms with Gasteiger partial charge in [-0.05, 0) is 44.5 Å². The number of benzene rings is 4. The maximum atomic E-state index is 12.1. The number of hydrogen-bond donors (Lipinski definition) is 13. The van der Waals surface area contributed by atoms with Crippen LogP contribution in [0.15, 0.2) is 97.1 Å². The highest BCUT2D eigenvalue weighted by Gasteiger charge is 2.31. The molecule has 1 heterocycles. The van der Waals surface area contributed by atoms with Crippen molar-refractivity contribution in [2.75, 3.05) is 118 Å². The number of carboxylic acids is 1. The lowest BCUT2D eigenvalue weighted by Gasteiger charge is -2.14. The van der Waals surface area contributed by atoms with E-state index < -0.39 is 129 Å². The second-order valence-corrected chi connectivity index (χ2v) is 19.1. The largest absolute Gasteiger partial charge is 0.480 e. The van der Waals surface area contributed by atoms with Crippen LogP contribution in [0.5, 0.6) is 0 Å². The quantitative estimate of drug-likeness (QED) is 0.00753. The molecule has 34 heteroatoms. The number of fused-ring (bicyclic) bond motifs is 6. The van der Waals surface area contributed by atoms with Crippen molar-refractivity contribution in [1.82, 2.24) is 58.8 Å². The van der Waals surface area contributed by atoms with Crippen molar-refractivity contribution in [3.05, 3.63) is 119 Å². The standard InChI is InChI=1S/C29H34N6O11.C25H30N6O7.C4H4O4/c36-23(11-32-24(37)12-33-25(38)13-34-26(39)15-44-17-28(41)42)30-9-10-31-27(40)16-46-35-29(43)45-14-22-20-7-3-1-5-18(20)19-6-2-4-8-21(19)22;26-11-21(32)29-13-23(34)30-12-22(33)27-9-10-28-24(35)15-38-31-25(36)37-14-20-18-7-3-1-5-16(18)17-6-2-4-8-19(17)20;5-3-1-7-2-4(6)8-3/h1-8,22H,9-17H2,(H,30,36)(H,31,40)(H,32,37)(H,33,38)(H,34,39)(H,35,43)(H,41,42);1-8,20H,9-15,26H2,(H,27,33)(H,28,35)(H,29,32)(H,30,34)(H,31,36);1-2H2. The van der Waals surface area contributed by atoms with E-state index in [4.69, 9.17) is 30.0 Å². The van der Waals surface area contributed by atoms with Gasteiger partial charge >= 0.3 is 30.1 Å². The molecule has 1 aliphatic heterocycles. The summed E-state index contributed by atoms with van der Waals surface area (Å²) in [5.41, 5.74) is 17.9. The fourth-order valence-corrected chi connectivity index (χ4v) is 8.45. The third-order valence-corrected chi connectivity index (χ3v) is 12.5. The van der Waals surface area contributed by atoms with E-state index in [9.17, 15) is 67.1 Å². The minimum atomic E-state index is -1.25. The Hall–Kier alpha value is -10.9. The van der Waals surface area contributed by atoms with E-state index in [0.717, 1.165) is 44.5 Å². The average Bonchev–Trinajstić information content (AvgIpc) is 1.63. The van der Waals surface area contributed by atoms with Crippen LogP contribution in [-0.2, 0) is 90.9 Å². The highest BCUT2D eigenvalue weighted by atomic mass is 16.7. The Kier molecular flexibility index (Phi) is 30.6. The predicted octanol–water partition coefficient (Wildman–Crippen LogP) is -3.89. The van der Waals surface area contributed by atoms with E-state index in [0.29, 0.717) is 0 Å². The van der Waals surface area contributed by atoms with Gasteiger partial charge in [-0.2, -0.15) is 11.0 Å². The Morgan fingerprint density at radius 3 is 1.04 bits per heavy atom. The zero-order valence-corrected chi connectivity index (χ0v) is 49.2. The highest BCUT2D eigenvalue weighted by molar-refractivity contribution is 5.91. The predicted molar refractivity (Wildman–Crippen MR) is 315 cm³/mol. The summed E-state index contributed by atoms with van der Waals surface area (Å²) in [6.45, 7) is -4.06. The molecule has 492 valence electrons. The number of amides is 11. The molecule has 2 aliphatic carbocycles. The number of cyclic esters (lactones) is 2. The molecular weight excluding hydrogens is 1220 g/mol. The van der Waals surface area contributed by atoms with E-state index >= 15 is 0 Å². The van der Waals surface area contributed by atoms with Gasteiger partial charge in [-0.15, -0.1) is 0 Å². The van der Waals surface area contributed by atoms with Crippen LogP contribution in [0.3, 0.4) is 0 Å². The summed E-state index contributed by atoms with van der Waals surface area (Å²) < 4.78 is 23.7. The molecule has 0 spiro atoms. The Morgan fingerprint density at radius 1 is 0.413 bits per heavy atom. The third kappa shape index (κ3) is 26.0. The van der Waals surface area contributed by atoms with Gasteiger partial charge in [0.05, 0.1) is 39.3 Å². The number of hydrogen-bond acceptors (Lipinski definition) is 22. The molecule has 0 unspecified atom stereocenters. The van der Waals surface area contributed by atoms with Gasteiger partial charge < -0.3 is 82.4 Å². The maximum absolute atomic E-state index is 12.1. The maximum Gasteiger partial charge on any atom is 0.431 e. The minimum absolute atomic E-state index is 0.0346. The van der Waals surface area contributed by atoms with Crippen molar-refractivity contribution in [2.45, 2.75) is 11.8 Å². The Bertz CT molecular complexity index is 3190. The monoisotopic (exact) mass is 1280 g/mol. The first-order chi connectivity index (χ1) is 44.3. The van der Waals surface area contributed by atoms with Crippen molar-refractivity contribution in [1.29, 1.82) is 0 Å². The number of nitrogens with two attached hydrogens (primary N) is 1. The fraction of sp³-hybridized carbons (Fsp3) is 0.345. The van der Waals surface area contributed by atoms with Gasteiger partial charge in [0.25, 0.3) is 0 Å². The summed E-state index contributed by atoms with van der Waals surface area (Å²) in [7, 11) is 0. The molecule has 4 aromatic rings. The van der Waals surface area contributed by atoms with E-state index in [1.54, 1.807) is 0 Å². The lowest BCUT2D eigenvalue weighted by molar-refractivity contribution is -0.174. The molecule has 7 rings (SSSR count). The van der Waals surface area contributed by atoms with Crippen LogP contribution in [0.4, 0.5) is 9.59 Å². The number of aliphatic carboxylic acids is 1. The van der Waals surface area contributed by atoms with Gasteiger partial charge in [-0.3, -0.25) is 52.8 Å². The topological polar surface area (TPSA) is 482 Å². The first kappa shape index (κ1) is 71.8. The number of carboxylic acid groups (broad SMARTS) is 1. The van der Waals surface area contributed by atoms with Gasteiger partial charge in [0.15, 0.2) is 13.2 Å². The lowest BCUT2D eigenvalue weighted by atomic mass is 9.98. The van der Waals surface area contributed by atoms with Crippen molar-refractivity contribution >= 4 is 83.3 Å². The summed E-state index contributed by atoms with van der Waals surface area (Å²) in [4.78, 5) is 169. The van der Waals surface area contributed by atoms with Gasteiger partial charge in [0.1, 0.15) is 39.6 Å². The van der Waals surface area contributed by atoms with Crippen LogP contribution >= 0.6 is 0 Å². The molecule has 14 N–H and O–H groups in total. The van der Waals surface area contributed by atoms with Crippen LogP contribution in [0.1, 0.15) is 34.1 Å². The van der Waals surface area contributed by atoms with Crippen molar-refractivity contribution < 1.29 is 106 Å². The SMILES string of the molecule is NCC(=O)NCC(=O)NCC(=O)NCCNC(=O)CONC(=O)OCC1c2ccccc2-c2ccccc21.O=C(O)COCC(=O)NCC(=O)NCC(=O)NCC(=O)NCCNC(=O)CONC(=O)OCC1c2ccccc2-c2ccccc21.O=C1COCC(=O)O1. The van der Waals surface area contributed by atoms with Crippen LogP contribution < -0.4 is 64.5 Å². The third-order valence-electron chi connectivity index (χ3n) is 12.5. The molecule has 3 aliphatic rings. The molecule has 34 nitrogen and oxygen atoms in total. The van der Waals surface area contributed by atoms with Crippen LogP contribution in [0, 0.1) is 0 Å². The molecule has 92 heavy (non-hydrogen) atoms. The molecule has 11 amide bonds. The number of carbonyl (C=O) groups excluding carboxylic acids is 13. The molecule has 0 aromatic heterocycles. The van der Waals surface area contributed by atoms with Gasteiger partial charge in [-0.25, -0.2) is 24.0 Å². The molecule has 4 aromatic carbocycles.